The Morgan fingerprint density at radius 1 is 1.87 bits per heavy atom. The van der Waals surface area contributed by atoms with Crippen LogP contribution in [-0.4, -0.2) is 34.7 Å². The number of aromatic amines is 1. The molecule has 80 valence electrons. The minimum atomic E-state index is -0.593. The highest BCUT2D eigenvalue weighted by molar-refractivity contribution is 5.96. The van der Waals surface area contributed by atoms with E-state index >= 15 is 0 Å². The molecular formula is C8H12N6O. The first-order chi connectivity index (χ1) is 7.15. The fraction of sp³-hybridized carbons (Fsp3) is 0.250. The van der Waals surface area contributed by atoms with Crippen molar-refractivity contribution in [3.05, 3.63) is 24.4 Å². The first kappa shape index (κ1) is 10.9. The van der Waals surface area contributed by atoms with Crippen molar-refractivity contribution in [1.82, 2.24) is 15.2 Å². The first-order valence-corrected chi connectivity index (χ1v) is 4.22. The molecule has 0 aliphatic carbocycles. The van der Waals surface area contributed by atoms with Crippen molar-refractivity contribution < 1.29 is 4.79 Å². The predicted molar refractivity (Wildman–Crippen MR) is 54.4 cm³/mol. The van der Waals surface area contributed by atoms with Gasteiger partial charge < -0.3 is 5.73 Å². The highest BCUT2D eigenvalue weighted by Crippen LogP contribution is 2.14. The summed E-state index contributed by atoms with van der Waals surface area (Å²) in [5.41, 5.74) is 5.31. The van der Waals surface area contributed by atoms with Gasteiger partial charge in [-0.1, -0.05) is 11.3 Å². The SMILES string of the molecule is C=CCN(C)/N=N/c1[nH]ncc1C(N)=O. The summed E-state index contributed by atoms with van der Waals surface area (Å²) < 4.78 is 0. The van der Waals surface area contributed by atoms with E-state index < -0.39 is 5.91 Å². The normalized spacial score (nSPS) is 10.5. The number of primary amides is 1. The van der Waals surface area contributed by atoms with Gasteiger partial charge in [-0.05, 0) is 0 Å². The van der Waals surface area contributed by atoms with Crippen LogP contribution in [0.1, 0.15) is 10.4 Å². The number of H-pyrrole nitrogens is 1. The monoisotopic (exact) mass is 208 g/mol. The molecule has 1 aromatic heterocycles. The summed E-state index contributed by atoms with van der Waals surface area (Å²) in [5.74, 6) is -0.345. The topological polar surface area (TPSA) is 99.7 Å². The smallest absolute Gasteiger partial charge is 0.254 e. The van der Waals surface area contributed by atoms with Gasteiger partial charge >= 0.3 is 0 Å². The zero-order valence-electron chi connectivity index (χ0n) is 8.34. The lowest BCUT2D eigenvalue weighted by atomic mass is 10.3. The van der Waals surface area contributed by atoms with E-state index in [1.807, 2.05) is 0 Å². The maximum absolute atomic E-state index is 10.9. The summed E-state index contributed by atoms with van der Waals surface area (Å²) in [7, 11) is 1.73. The maximum atomic E-state index is 10.9. The number of hydrogen-bond acceptors (Lipinski definition) is 4. The molecule has 0 bridgehead atoms. The zero-order valence-corrected chi connectivity index (χ0v) is 8.34. The lowest BCUT2D eigenvalue weighted by molar-refractivity contribution is 0.100. The molecule has 0 atom stereocenters. The van der Waals surface area contributed by atoms with Crippen molar-refractivity contribution >= 4 is 11.7 Å². The van der Waals surface area contributed by atoms with Gasteiger partial charge in [-0.25, -0.2) is 0 Å². The van der Waals surface area contributed by atoms with Gasteiger partial charge in [0.15, 0.2) is 5.82 Å². The zero-order chi connectivity index (χ0) is 11.3. The van der Waals surface area contributed by atoms with Crippen LogP contribution in [0.5, 0.6) is 0 Å². The molecule has 0 aromatic carbocycles. The Labute approximate surface area is 86.6 Å². The molecule has 15 heavy (non-hydrogen) atoms. The molecule has 7 heteroatoms. The Hall–Kier alpha value is -2.18. The Bertz CT molecular complexity index is 382. The molecule has 1 amide bonds. The number of carbonyl (C=O) groups is 1. The number of amides is 1. The fourth-order valence-electron chi connectivity index (χ4n) is 0.880. The molecule has 0 spiro atoms. The van der Waals surface area contributed by atoms with Crippen LogP contribution in [0.2, 0.25) is 0 Å². The van der Waals surface area contributed by atoms with Crippen molar-refractivity contribution in [3.8, 4) is 0 Å². The second-order valence-corrected chi connectivity index (χ2v) is 2.81. The van der Waals surface area contributed by atoms with Crippen molar-refractivity contribution in [2.75, 3.05) is 13.6 Å². The van der Waals surface area contributed by atoms with Gasteiger partial charge in [0.05, 0.1) is 12.7 Å². The lowest BCUT2D eigenvalue weighted by Gasteiger charge is -2.05. The molecule has 0 unspecified atom stereocenters. The number of hydrogen-bond donors (Lipinski definition) is 2. The van der Waals surface area contributed by atoms with Crippen LogP contribution in [0.15, 0.2) is 29.2 Å². The molecule has 7 nitrogen and oxygen atoms in total. The average Bonchev–Trinajstić information content (AvgIpc) is 2.63. The fourth-order valence-corrected chi connectivity index (χ4v) is 0.880. The third kappa shape index (κ3) is 2.90. The molecule has 0 aliphatic rings. The standard InChI is InChI=1S/C8H12N6O/c1-3-4-14(2)13-12-8-6(7(9)15)5-10-11-8/h3,5H,1,4H2,2H3,(H2,9,15)(H,10,11)/b13-12+. The van der Waals surface area contributed by atoms with Crippen LogP contribution in [0.4, 0.5) is 5.82 Å². The molecule has 0 fully saturated rings. The molecule has 0 saturated carbocycles. The summed E-state index contributed by atoms with van der Waals surface area (Å²) in [4.78, 5) is 10.9. The van der Waals surface area contributed by atoms with Crippen LogP contribution in [0.25, 0.3) is 0 Å². The second-order valence-electron chi connectivity index (χ2n) is 2.81. The van der Waals surface area contributed by atoms with Crippen molar-refractivity contribution in [1.29, 1.82) is 0 Å². The number of rotatable bonds is 5. The van der Waals surface area contributed by atoms with E-state index in [0.29, 0.717) is 6.54 Å². The van der Waals surface area contributed by atoms with E-state index in [2.05, 4.69) is 27.1 Å². The number of likely N-dealkylation sites (N-methyl/N-ethyl adjacent to an activating group) is 1. The van der Waals surface area contributed by atoms with E-state index in [-0.39, 0.29) is 11.4 Å². The summed E-state index contributed by atoms with van der Waals surface area (Å²) in [5, 5.41) is 15.3. The molecule has 0 radical (unpaired) electrons. The van der Waals surface area contributed by atoms with Gasteiger partial charge in [0.1, 0.15) is 5.56 Å². The molecule has 0 saturated heterocycles. The summed E-state index contributed by atoms with van der Waals surface area (Å²) in [6.45, 7) is 4.11. The van der Waals surface area contributed by atoms with Crippen LogP contribution >= 0.6 is 0 Å². The summed E-state index contributed by atoms with van der Waals surface area (Å²) >= 11 is 0. The largest absolute Gasteiger partial charge is 0.365 e. The maximum Gasteiger partial charge on any atom is 0.254 e. The third-order valence-corrected chi connectivity index (χ3v) is 1.58. The Kier molecular flexibility index (Phi) is 3.55. The summed E-state index contributed by atoms with van der Waals surface area (Å²) in [6, 6.07) is 0. The van der Waals surface area contributed by atoms with Gasteiger partial charge in [0.2, 0.25) is 0 Å². The quantitative estimate of drug-likeness (QED) is 0.421. The van der Waals surface area contributed by atoms with E-state index in [1.54, 1.807) is 18.1 Å². The number of carbonyl (C=O) groups excluding carboxylic acids is 1. The van der Waals surface area contributed by atoms with Gasteiger partial charge in [-0.15, -0.1) is 11.7 Å². The van der Waals surface area contributed by atoms with Gasteiger partial charge in [-0.3, -0.25) is 14.9 Å². The van der Waals surface area contributed by atoms with E-state index in [0.717, 1.165) is 0 Å². The van der Waals surface area contributed by atoms with Crippen molar-refractivity contribution in [2.24, 2.45) is 16.1 Å². The molecule has 1 aromatic rings. The van der Waals surface area contributed by atoms with E-state index in [4.69, 9.17) is 5.73 Å². The second kappa shape index (κ2) is 4.89. The van der Waals surface area contributed by atoms with Gasteiger partial charge in [-0.2, -0.15) is 5.10 Å². The molecule has 3 N–H and O–H groups in total. The number of aromatic nitrogens is 2. The summed E-state index contributed by atoms with van der Waals surface area (Å²) in [6.07, 6.45) is 2.99. The molecule has 1 heterocycles. The van der Waals surface area contributed by atoms with E-state index in [1.165, 1.54) is 6.20 Å². The Balaban J connectivity index is 2.75. The predicted octanol–water partition coefficient (Wildman–Crippen LogP) is 0.625. The number of nitrogens with zero attached hydrogens (tertiary/aromatic N) is 4. The first-order valence-electron chi connectivity index (χ1n) is 4.22. The molecular weight excluding hydrogens is 196 g/mol. The Morgan fingerprint density at radius 3 is 3.20 bits per heavy atom. The van der Waals surface area contributed by atoms with Crippen LogP contribution < -0.4 is 5.73 Å². The third-order valence-electron chi connectivity index (χ3n) is 1.58. The minimum absolute atomic E-state index is 0.214. The average molecular weight is 208 g/mol. The molecule has 1 rings (SSSR count). The van der Waals surface area contributed by atoms with E-state index in [9.17, 15) is 4.79 Å². The highest BCUT2D eigenvalue weighted by atomic mass is 16.1. The van der Waals surface area contributed by atoms with Crippen molar-refractivity contribution in [3.63, 3.8) is 0 Å². The lowest BCUT2D eigenvalue weighted by Crippen LogP contribution is -2.11. The number of nitrogens with two attached hydrogens (primary N) is 1. The van der Waals surface area contributed by atoms with Crippen molar-refractivity contribution in [2.45, 2.75) is 0 Å². The molecule has 0 aliphatic heterocycles. The minimum Gasteiger partial charge on any atom is -0.365 e. The Morgan fingerprint density at radius 2 is 2.60 bits per heavy atom. The van der Waals surface area contributed by atoms with Crippen LogP contribution in [0, 0.1) is 0 Å². The number of nitrogens with one attached hydrogen (secondary N) is 1. The van der Waals surface area contributed by atoms with Gasteiger partial charge in [0.25, 0.3) is 5.91 Å². The van der Waals surface area contributed by atoms with Crippen LogP contribution in [0.3, 0.4) is 0 Å². The van der Waals surface area contributed by atoms with Crippen LogP contribution in [-0.2, 0) is 0 Å². The highest BCUT2D eigenvalue weighted by Gasteiger charge is 2.09. The van der Waals surface area contributed by atoms with Gasteiger partial charge in [0, 0.05) is 7.05 Å².